The van der Waals surface area contributed by atoms with Crippen LogP contribution in [0.15, 0.2) is 29.2 Å². The van der Waals surface area contributed by atoms with Crippen LogP contribution in [-0.4, -0.2) is 44.3 Å². The number of aliphatic hydroxyl groups is 1. The topological polar surface area (TPSA) is 75.6 Å². The summed E-state index contributed by atoms with van der Waals surface area (Å²) in [6, 6.07) is 6.19. The van der Waals surface area contributed by atoms with Gasteiger partial charge in [0.05, 0.1) is 11.5 Å². The highest BCUT2D eigenvalue weighted by Gasteiger charge is 2.42. The Morgan fingerprint density at radius 2 is 2.00 bits per heavy atom. The summed E-state index contributed by atoms with van der Waals surface area (Å²) in [6.07, 6.45) is 4.13. The van der Waals surface area contributed by atoms with Crippen LogP contribution in [0.2, 0.25) is 0 Å². The summed E-state index contributed by atoms with van der Waals surface area (Å²) in [7, 11) is -3.47. The van der Waals surface area contributed by atoms with Crippen LogP contribution in [0.1, 0.15) is 12.8 Å². The molecule has 112 valence electrons. The molecule has 2 N–H and O–H groups in total. The summed E-state index contributed by atoms with van der Waals surface area (Å²) < 4.78 is 32.2. The molecule has 0 unspecified atom stereocenters. The quantitative estimate of drug-likeness (QED) is 0.754. The second kappa shape index (κ2) is 6.34. The molecule has 20 heavy (non-hydrogen) atoms. The highest BCUT2D eigenvalue weighted by atomic mass is 32.2. The van der Waals surface area contributed by atoms with Crippen molar-refractivity contribution in [3.63, 3.8) is 0 Å². The normalized spacial score (nSPS) is 16.9. The van der Waals surface area contributed by atoms with Crippen LogP contribution < -0.4 is 9.46 Å². The summed E-state index contributed by atoms with van der Waals surface area (Å²) >= 11 is 1.71. The van der Waals surface area contributed by atoms with Crippen molar-refractivity contribution in [3.8, 4) is 5.75 Å². The van der Waals surface area contributed by atoms with E-state index in [4.69, 9.17) is 9.84 Å². The first-order valence-corrected chi connectivity index (χ1v) is 9.11. The molecule has 0 atom stereocenters. The zero-order chi connectivity index (χ0) is 14.6. The average Bonchev–Trinajstić information content (AvgIpc) is 3.24. The molecule has 0 aromatic heterocycles. The van der Waals surface area contributed by atoms with Gasteiger partial charge in [-0.15, -0.1) is 0 Å². The Labute approximate surface area is 123 Å². The van der Waals surface area contributed by atoms with Gasteiger partial charge in [0.25, 0.3) is 0 Å². The van der Waals surface area contributed by atoms with Gasteiger partial charge in [0.1, 0.15) is 12.4 Å². The van der Waals surface area contributed by atoms with Gasteiger partial charge in [0.2, 0.25) is 10.0 Å². The number of sulfonamides is 1. The molecule has 1 aliphatic rings. The average molecular weight is 317 g/mol. The van der Waals surface area contributed by atoms with E-state index in [1.54, 1.807) is 23.9 Å². The van der Waals surface area contributed by atoms with Crippen molar-refractivity contribution in [2.75, 3.05) is 26.0 Å². The number of hydrogen-bond acceptors (Lipinski definition) is 5. The van der Waals surface area contributed by atoms with Crippen molar-refractivity contribution in [3.05, 3.63) is 24.3 Å². The van der Waals surface area contributed by atoms with E-state index in [2.05, 4.69) is 4.72 Å². The Morgan fingerprint density at radius 1 is 1.35 bits per heavy atom. The van der Waals surface area contributed by atoms with Gasteiger partial charge in [0.15, 0.2) is 0 Å². The Hall–Kier alpha value is -0.760. The summed E-state index contributed by atoms with van der Waals surface area (Å²) in [5, 5.41) is 8.65. The standard InChI is InChI=1S/C13H19NO4S2/c1-19-13(6-7-13)10-14-20(16,17)12-4-2-11(3-5-12)18-9-8-15/h2-5,14-15H,6-10H2,1H3. The van der Waals surface area contributed by atoms with E-state index < -0.39 is 10.0 Å². The van der Waals surface area contributed by atoms with Crippen molar-refractivity contribution < 1.29 is 18.3 Å². The fourth-order valence-electron chi connectivity index (χ4n) is 1.78. The first-order chi connectivity index (χ1) is 9.51. The van der Waals surface area contributed by atoms with Crippen LogP contribution in [0.3, 0.4) is 0 Å². The molecular formula is C13H19NO4S2. The summed E-state index contributed by atoms with van der Waals surface area (Å²) in [6.45, 7) is 0.595. The number of rotatable bonds is 8. The minimum Gasteiger partial charge on any atom is -0.491 e. The van der Waals surface area contributed by atoms with E-state index in [9.17, 15) is 8.42 Å². The third-order valence-corrected chi connectivity index (χ3v) is 6.15. The molecule has 1 aromatic rings. The summed E-state index contributed by atoms with van der Waals surface area (Å²) in [5.41, 5.74) is 0. The van der Waals surface area contributed by atoms with Gasteiger partial charge < -0.3 is 9.84 Å². The number of benzene rings is 1. The van der Waals surface area contributed by atoms with E-state index in [-0.39, 0.29) is 22.9 Å². The van der Waals surface area contributed by atoms with Crippen LogP contribution in [-0.2, 0) is 10.0 Å². The SMILES string of the molecule is CSC1(CNS(=O)(=O)c2ccc(OCCO)cc2)CC1. The van der Waals surface area contributed by atoms with E-state index in [0.717, 1.165) is 12.8 Å². The molecule has 0 spiro atoms. The molecule has 0 heterocycles. The second-order valence-corrected chi connectivity index (χ2v) is 7.80. The molecule has 2 rings (SSSR count). The first kappa shape index (κ1) is 15.6. The van der Waals surface area contributed by atoms with Gasteiger partial charge in [-0.3, -0.25) is 0 Å². The Bertz CT molecular complexity index is 538. The lowest BCUT2D eigenvalue weighted by atomic mass is 10.3. The zero-order valence-electron chi connectivity index (χ0n) is 11.3. The zero-order valence-corrected chi connectivity index (χ0v) is 13.0. The largest absolute Gasteiger partial charge is 0.491 e. The Morgan fingerprint density at radius 3 is 2.50 bits per heavy atom. The molecule has 0 bridgehead atoms. The number of hydrogen-bond donors (Lipinski definition) is 2. The van der Waals surface area contributed by atoms with Gasteiger partial charge in [0, 0.05) is 11.3 Å². The summed E-state index contributed by atoms with van der Waals surface area (Å²) in [4.78, 5) is 0.228. The van der Waals surface area contributed by atoms with Crippen LogP contribution >= 0.6 is 11.8 Å². The Kier molecular flexibility index (Phi) is 4.95. The van der Waals surface area contributed by atoms with Crippen LogP contribution in [0.4, 0.5) is 0 Å². The van der Waals surface area contributed by atoms with E-state index in [1.807, 2.05) is 6.26 Å². The Balaban J connectivity index is 1.98. The molecule has 7 heteroatoms. The molecule has 0 aliphatic heterocycles. The van der Waals surface area contributed by atoms with Crippen molar-refractivity contribution in [2.24, 2.45) is 0 Å². The van der Waals surface area contributed by atoms with Crippen LogP contribution in [0.25, 0.3) is 0 Å². The van der Waals surface area contributed by atoms with Gasteiger partial charge in [-0.1, -0.05) is 0 Å². The number of ether oxygens (including phenoxy) is 1. The maximum absolute atomic E-state index is 12.1. The third kappa shape index (κ3) is 3.88. The molecule has 1 aromatic carbocycles. The number of thioether (sulfide) groups is 1. The molecular weight excluding hydrogens is 298 g/mol. The maximum Gasteiger partial charge on any atom is 0.240 e. The van der Waals surface area contributed by atoms with Crippen molar-refractivity contribution in [1.29, 1.82) is 0 Å². The lowest BCUT2D eigenvalue weighted by molar-refractivity contribution is 0.201. The second-order valence-electron chi connectivity index (χ2n) is 4.76. The minimum absolute atomic E-state index is 0.0711. The fourth-order valence-corrected chi connectivity index (χ4v) is 3.73. The predicted molar refractivity (Wildman–Crippen MR) is 79.7 cm³/mol. The highest BCUT2D eigenvalue weighted by Crippen LogP contribution is 2.46. The van der Waals surface area contributed by atoms with Gasteiger partial charge in [-0.05, 0) is 43.4 Å². The molecule has 0 radical (unpaired) electrons. The molecule has 0 saturated heterocycles. The third-order valence-electron chi connectivity index (χ3n) is 3.32. The van der Waals surface area contributed by atoms with E-state index in [1.165, 1.54) is 12.1 Å². The van der Waals surface area contributed by atoms with Gasteiger partial charge in [-0.2, -0.15) is 11.8 Å². The van der Waals surface area contributed by atoms with E-state index in [0.29, 0.717) is 12.3 Å². The lowest BCUT2D eigenvalue weighted by Gasteiger charge is -2.13. The highest BCUT2D eigenvalue weighted by molar-refractivity contribution is 8.00. The fraction of sp³-hybridized carbons (Fsp3) is 0.538. The smallest absolute Gasteiger partial charge is 0.240 e. The van der Waals surface area contributed by atoms with Crippen molar-refractivity contribution >= 4 is 21.8 Å². The van der Waals surface area contributed by atoms with Gasteiger partial charge in [-0.25, -0.2) is 13.1 Å². The number of aliphatic hydroxyl groups excluding tert-OH is 1. The van der Waals surface area contributed by atoms with E-state index >= 15 is 0 Å². The van der Waals surface area contributed by atoms with Crippen LogP contribution in [0, 0.1) is 0 Å². The van der Waals surface area contributed by atoms with Crippen molar-refractivity contribution in [1.82, 2.24) is 4.72 Å². The molecule has 5 nitrogen and oxygen atoms in total. The molecule has 1 aliphatic carbocycles. The molecule has 0 amide bonds. The van der Waals surface area contributed by atoms with Crippen LogP contribution in [0.5, 0.6) is 5.75 Å². The monoisotopic (exact) mass is 317 g/mol. The van der Waals surface area contributed by atoms with Crippen molar-refractivity contribution in [2.45, 2.75) is 22.5 Å². The van der Waals surface area contributed by atoms with Gasteiger partial charge >= 0.3 is 0 Å². The molecule has 1 saturated carbocycles. The first-order valence-electron chi connectivity index (χ1n) is 6.40. The molecule has 1 fully saturated rings. The maximum atomic E-state index is 12.1. The lowest BCUT2D eigenvalue weighted by Crippen LogP contribution is -2.31. The number of nitrogens with one attached hydrogen (secondary N) is 1. The summed E-state index contributed by atoms with van der Waals surface area (Å²) in [5.74, 6) is 0.542. The predicted octanol–water partition coefficient (Wildman–Crippen LogP) is 1.23. The minimum atomic E-state index is -3.47.